The first-order valence-corrected chi connectivity index (χ1v) is 6.37. The maximum absolute atomic E-state index is 12.3. The van der Waals surface area contributed by atoms with E-state index in [1.54, 1.807) is 18.2 Å². The fourth-order valence-electron chi connectivity index (χ4n) is 2.09. The van der Waals surface area contributed by atoms with E-state index < -0.39 is 5.92 Å². The molecule has 100 valence electrons. The largest absolute Gasteiger partial charge is 0.496 e. The Kier molecular flexibility index (Phi) is 4.52. The number of nitriles is 1. The summed E-state index contributed by atoms with van der Waals surface area (Å²) < 4.78 is 5.18. The number of benzene rings is 2. The SMILES string of the molecule is COc1ccccc1C(=O)CC(C#N)c1ccccc1. The van der Waals surface area contributed by atoms with Crippen molar-refractivity contribution in [2.24, 2.45) is 0 Å². The monoisotopic (exact) mass is 265 g/mol. The minimum Gasteiger partial charge on any atom is -0.496 e. The molecule has 2 aromatic carbocycles. The van der Waals surface area contributed by atoms with E-state index in [2.05, 4.69) is 6.07 Å². The second-order valence-corrected chi connectivity index (χ2v) is 4.42. The van der Waals surface area contributed by atoms with Gasteiger partial charge in [-0.25, -0.2) is 0 Å². The molecule has 0 amide bonds. The molecule has 0 heterocycles. The lowest BCUT2D eigenvalue weighted by Gasteiger charge is -2.10. The zero-order valence-corrected chi connectivity index (χ0v) is 11.2. The smallest absolute Gasteiger partial charge is 0.168 e. The normalized spacial score (nSPS) is 11.4. The molecule has 0 N–H and O–H groups in total. The molecule has 0 bridgehead atoms. The Balaban J connectivity index is 2.20. The van der Waals surface area contributed by atoms with Crippen LogP contribution in [-0.2, 0) is 0 Å². The van der Waals surface area contributed by atoms with Crippen molar-refractivity contribution >= 4 is 5.78 Å². The number of nitrogens with zero attached hydrogens (tertiary/aromatic N) is 1. The Morgan fingerprint density at radius 2 is 1.80 bits per heavy atom. The minimum absolute atomic E-state index is 0.0853. The van der Waals surface area contributed by atoms with Crippen LogP contribution in [-0.4, -0.2) is 12.9 Å². The van der Waals surface area contributed by atoms with E-state index in [0.29, 0.717) is 11.3 Å². The fraction of sp³-hybridized carbons (Fsp3) is 0.176. The summed E-state index contributed by atoms with van der Waals surface area (Å²) in [7, 11) is 1.53. The van der Waals surface area contributed by atoms with Crippen LogP contribution in [0.2, 0.25) is 0 Å². The van der Waals surface area contributed by atoms with Gasteiger partial charge in [0.2, 0.25) is 0 Å². The van der Waals surface area contributed by atoms with Gasteiger partial charge in [0.05, 0.1) is 24.7 Å². The molecule has 3 heteroatoms. The van der Waals surface area contributed by atoms with Crippen LogP contribution in [0.1, 0.15) is 28.3 Å². The quantitative estimate of drug-likeness (QED) is 0.776. The molecule has 0 saturated carbocycles. The van der Waals surface area contributed by atoms with Gasteiger partial charge in [0, 0.05) is 6.42 Å². The third-order valence-electron chi connectivity index (χ3n) is 3.15. The Morgan fingerprint density at radius 3 is 2.45 bits per heavy atom. The number of rotatable bonds is 5. The maximum Gasteiger partial charge on any atom is 0.168 e. The van der Waals surface area contributed by atoms with Crippen molar-refractivity contribution in [3.8, 4) is 11.8 Å². The Labute approximate surface area is 118 Å². The van der Waals surface area contributed by atoms with Crippen LogP contribution in [0.25, 0.3) is 0 Å². The predicted molar refractivity (Wildman–Crippen MR) is 76.7 cm³/mol. The summed E-state index contributed by atoms with van der Waals surface area (Å²) in [5.41, 5.74) is 1.38. The summed E-state index contributed by atoms with van der Waals surface area (Å²) in [6.07, 6.45) is 0.154. The average molecular weight is 265 g/mol. The van der Waals surface area contributed by atoms with Crippen molar-refractivity contribution in [1.82, 2.24) is 0 Å². The van der Waals surface area contributed by atoms with Gasteiger partial charge in [-0.1, -0.05) is 42.5 Å². The van der Waals surface area contributed by atoms with E-state index in [4.69, 9.17) is 4.74 Å². The molecule has 1 unspecified atom stereocenters. The lowest BCUT2D eigenvalue weighted by molar-refractivity contribution is 0.0976. The number of Topliss-reactive ketones (excluding diaryl/α,β-unsaturated/α-hetero) is 1. The predicted octanol–water partition coefficient (Wildman–Crippen LogP) is 3.58. The standard InChI is InChI=1S/C17H15NO2/c1-20-17-10-6-5-9-15(17)16(19)11-14(12-18)13-7-3-2-4-8-13/h2-10,14H,11H2,1H3. The molecule has 3 nitrogen and oxygen atoms in total. The van der Waals surface area contributed by atoms with E-state index in [-0.39, 0.29) is 12.2 Å². The molecular weight excluding hydrogens is 250 g/mol. The Bertz CT molecular complexity index is 629. The third kappa shape index (κ3) is 3.04. The second-order valence-electron chi connectivity index (χ2n) is 4.42. The zero-order valence-electron chi connectivity index (χ0n) is 11.2. The molecule has 1 atom stereocenters. The topological polar surface area (TPSA) is 50.1 Å². The fourth-order valence-corrected chi connectivity index (χ4v) is 2.09. The maximum atomic E-state index is 12.3. The van der Waals surface area contributed by atoms with Gasteiger partial charge in [0.15, 0.2) is 5.78 Å². The van der Waals surface area contributed by atoms with Gasteiger partial charge in [-0.2, -0.15) is 5.26 Å². The van der Waals surface area contributed by atoms with Crippen LogP contribution in [0.3, 0.4) is 0 Å². The Morgan fingerprint density at radius 1 is 1.15 bits per heavy atom. The second kappa shape index (κ2) is 6.53. The summed E-state index contributed by atoms with van der Waals surface area (Å²) >= 11 is 0. The van der Waals surface area contributed by atoms with Gasteiger partial charge < -0.3 is 4.74 Å². The molecule has 0 saturated heterocycles. The average Bonchev–Trinajstić information content (AvgIpc) is 2.53. The van der Waals surface area contributed by atoms with Crippen molar-refractivity contribution in [3.63, 3.8) is 0 Å². The number of ether oxygens (including phenoxy) is 1. The summed E-state index contributed by atoms with van der Waals surface area (Å²) in [5, 5.41) is 9.27. The summed E-state index contributed by atoms with van der Waals surface area (Å²) in [6, 6.07) is 18.6. The first-order valence-electron chi connectivity index (χ1n) is 6.37. The number of methoxy groups -OCH3 is 1. The van der Waals surface area contributed by atoms with Crippen molar-refractivity contribution in [2.75, 3.05) is 7.11 Å². The van der Waals surface area contributed by atoms with Crippen molar-refractivity contribution in [2.45, 2.75) is 12.3 Å². The van der Waals surface area contributed by atoms with Crippen LogP contribution in [0.4, 0.5) is 0 Å². The van der Waals surface area contributed by atoms with Crippen molar-refractivity contribution < 1.29 is 9.53 Å². The number of carbonyl (C=O) groups excluding carboxylic acids is 1. The molecular formula is C17H15NO2. The molecule has 2 rings (SSSR count). The van der Waals surface area contributed by atoms with Gasteiger partial charge in [-0.3, -0.25) is 4.79 Å². The van der Waals surface area contributed by atoms with Crippen molar-refractivity contribution in [3.05, 3.63) is 65.7 Å². The van der Waals surface area contributed by atoms with Crippen LogP contribution >= 0.6 is 0 Å². The molecule has 0 aromatic heterocycles. The van der Waals surface area contributed by atoms with Gasteiger partial charge in [-0.15, -0.1) is 0 Å². The van der Waals surface area contributed by atoms with Crippen LogP contribution in [0.5, 0.6) is 5.75 Å². The zero-order chi connectivity index (χ0) is 14.4. The number of ketones is 1. The highest BCUT2D eigenvalue weighted by molar-refractivity contribution is 5.99. The van der Waals surface area contributed by atoms with E-state index in [0.717, 1.165) is 5.56 Å². The molecule has 2 aromatic rings. The Hall–Kier alpha value is -2.60. The lowest BCUT2D eigenvalue weighted by atomic mass is 9.92. The van der Waals surface area contributed by atoms with E-state index in [9.17, 15) is 10.1 Å². The van der Waals surface area contributed by atoms with Crippen LogP contribution < -0.4 is 4.74 Å². The van der Waals surface area contributed by atoms with Gasteiger partial charge in [0.25, 0.3) is 0 Å². The highest BCUT2D eigenvalue weighted by atomic mass is 16.5. The summed E-state index contributed by atoms with van der Waals surface area (Å²) in [4.78, 5) is 12.3. The van der Waals surface area contributed by atoms with Crippen LogP contribution in [0.15, 0.2) is 54.6 Å². The van der Waals surface area contributed by atoms with Gasteiger partial charge >= 0.3 is 0 Å². The number of carbonyl (C=O) groups is 1. The minimum atomic E-state index is -0.436. The number of para-hydroxylation sites is 1. The van der Waals surface area contributed by atoms with Crippen molar-refractivity contribution in [1.29, 1.82) is 5.26 Å². The van der Waals surface area contributed by atoms with Crippen LogP contribution in [0, 0.1) is 11.3 Å². The number of hydrogen-bond acceptors (Lipinski definition) is 3. The summed E-state index contributed by atoms with van der Waals surface area (Å²) in [6.45, 7) is 0. The van der Waals surface area contributed by atoms with E-state index in [1.807, 2.05) is 36.4 Å². The molecule has 0 aliphatic heterocycles. The molecule has 0 spiro atoms. The van der Waals surface area contributed by atoms with E-state index >= 15 is 0 Å². The van der Waals surface area contributed by atoms with Gasteiger partial charge in [0.1, 0.15) is 5.75 Å². The molecule has 0 fully saturated rings. The first kappa shape index (κ1) is 13.8. The highest BCUT2D eigenvalue weighted by Gasteiger charge is 2.18. The van der Waals surface area contributed by atoms with E-state index in [1.165, 1.54) is 7.11 Å². The molecule has 0 aliphatic carbocycles. The molecule has 20 heavy (non-hydrogen) atoms. The highest BCUT2D eigenvalue weighted by Crippen LogP contribution is 2.25. The first-order chi connectivity index (χ1) is 9.76. The lowest BCUT2D eigenvalue weighted by Crippen LogP contribution is -2.07. The van der Waals surface area contributed by atoms with Gasteiger partial charge in [-0.05, 0) is 17.7 Å². The number of hydrogen-bond donors (Lipinski definition) is 0. The molecule has 0 aliphatic rings. The summed E-state index contributed by atoms with van der Waals surface area (Å²) in [5.74, 6) is 0.0220. The third-order valence-corrected chi connectivity index (χ3v) is 3.15. The molecule has 0 radical (unpaired) electrons.